The predicted molar refractivity (Wildman–Crippen MR) is 127 cm³/mol. The monoisotopic (exact) mass is 499 g/mol. The Bertz CT molecular complexity index is 772. The number of aryl methyl sites for hydroxylation is 2. The van der Waals surface area contributed by atoms with Crippen LogP contribution in [-0.4, -0.2) is 42.0 Å². The number of ether oxygens (including phenoxy) is 1. The Balaban J connectivity index is 0.00000392. The van der Waals surface area contributed by atoms with Gasteiger partial charge < -0.3 is 15.4 Å². The molecule has 6 nitrogen and oxygen atoms in total. The van der Waals surface area contributed by atoms with E-state index in [2.05, 4.69) is 55.6 Å². The van der Waals surface area contributed by atoms with E-state index >= 15 is 0 Å². The second-order valence-electron chi connectivity index (χ2n) is 6.88. The lowest BCUT2D eigenvalue weighted by molar-refractivity contribution is 0.414. The van der Waals surface area contributed by atoms with Crippen LogP contribution < -0.4 is 15.4 Å². The van der Waals surface area contributed by atoms with E-state index in [0.29, 0.717) is 0 Å². The van der Waals surface area contributed by atoms with E-state index in [1.54, 1.807) is 7.11 Å². The number of benzene rings is 1. The fourth-order valence-corrected chi connectivity index (χ4v) is 3.15. The maximum Gasteiger partial charge on any atom is 0.191 e. The van der Waals surface area contributed by atoms with Crippen LogP contribution in [0.2, 0.25) is 0 Å². The van der Waals surface area contributed by atoms with Crippen molar-refractivity contribution in [3.05, 3.63) is 46.8 Å². The molecule has 7 heteroatoms. The second-order valence-corrected chi connectivity index (χ2v) is 6.88. The first-order valence-corrected chi connectivity index (χ1v) is 9.61. The van der Waals surface area contributed by atoms with Crippen molar-refractivity contribution in [1.29, 1.82) is 0 Å². The standard InChI is InChI=1S/C21H33N5O.HI/c1-7-22-21(23-12-11-18-9-8-10-19(14-18)27-6)24-15(2)13-20-16(3)25-26(5)17(20)4;/h8-10,14-15H,7,11-13H2,1-6H3,(H2,22,23,24);1H. The summed E-state index contributed by atoms with van der Waals surface area (Å²) in [5.41, 5.74) is 4.86. The van der Waals surface area contributed by atoms with Gasteiger partial charge in [0.25, 0.3) is 0 Å². The van der Waals surface area contributed by atoms with Crippen LogP contribution in [0.3, 0.4) is 0 Å². The van der Waals surface area contributed by atoms with E-state index < -0.39 is 0 Å². The molecule has 0 amide bonds. The van der Waals surface area contributed by atoms with Crippen molar-refractivity contribution >= 4 is 29.9 Å². The summed E-state index contributed by atoms with van der Waals surface area (Å²) in [4.78, 5) is 4.73. The molecule has 1 aromatic carbocycles. The van der Waals surface area contributed by atoms with Crippen LogP contribution >= 0.6 is 24.0 Å². The zero-order valence-electron chi connectivity index (χ0n) is 17.9. The summed E-state index contributed by atoms with van der Waals surface area (Å²) >= 11 is 0. The predicted octanol–water partition coefficient (Wildman–Crippen LogP) is 3.39. The molecule has 0 aliphatic rings. The van der Waals surface area contributed by atoms with Crippen molar-refractivity contribution < 1.29 is 4.74 Å². The number of aliphatic imine (C=N–C) groups is 1. The van der Waals surface area contributed by atoms with Crippen LogP contribution in [0.1, 0.15) is 36.4 Å². The number of nitrogens with one attached hydrogen (secondary N) is 2. The summed E-state index contributed by atoms with van der Waals surface area (Å²) in [5, 5.41) is 11.4. The van der Waals surface area contributed by atoms with Gasteiger partial charge in [0.1, 0.15) is 5.75 Å². The van der Waals surface area contributed by atoms with Crippen LogP contribution in [0.25, 0.3) is 0 Å². The fraction of sp³-hybridized carbons (Fsp3) is 0.524. The fourth-order valence-electron chi connectivity index (χ4n) is 3.15. The van der Waals surface area contributed by atoms with E-state index in [1.165, 1.54) is 16.8 Å². The van der Waals surface area contributed by atoms with Crippen molar-refractivity contribution in [2.75, 3.05) is 20.2 Å². The van der Waals surface area contributed by atoms with Gasteiger partial charge in [0, 0.05) is 31.9 Å². The van der Waals surface area contributed by atoms with Gasteiger partial charge in [0.05, 0.1) is 12.8 Å². The summed E-state index contributed by atoms with van der Waals surface area (Å²) in [7, 11) is 3.69. The summed E-state index contributed by atoms with van der Waals surface area (Å²) in [5.74, 6) is 1.74. The van der Waals surface area contributed by atoms with E-state index in [4.69, 9.17) is 9.73 Å². The molecule has 0 aliphatic heterocycles. The number of aromatic nitrogens is 2. The number of nitrogens with zero attached hydrogens (tertiary/aromatic N) is 3. The summed E-state index contributed by atoms with van der Waals surface area (Å²) in [6, 6.07) is 8.41. The molecule has 1 unspecified atom stereocenters. The summed E-state index contributed by atoms with van der Waals surface area (Å²) < 4.78 is 7.23. The molecule has 2 N–H and O–H groups in total. The highest BCUT2D eigenvalue weighted by Gasteiger charge is 2.14. The normalized spacial score (nSPS) is 12.3. The first-order valence-electron chi connectivity index (χ1n) is 9.61. The topological polar surface area (TPSA) is 63.5 Å². The average molecular weight is 499 g/mol. The second kappa shape index (κ2) is 11.9. The number of rotatable bonds is 8. The van der Waals surface area contributed by atoms with Gasteiger partial charge in [0.15, 0.2) is 5.96 Å². The molecule has 1 heterocycles. The smallest absolute Gasteiger partial charge is 0.191 e. The third-order valence-corrected chi connectivity index (χ3v) is 4.70. The lowest BCUT2D eigenvalue weighted by atomic mass is 10.1. The van der Waals surface area contributed by atoms with Crippen LogP contribution in [-0.2, 0) is 19.9 Å². The van der Waals surface area contributed by atoms with E-state index in [-0.39, 0.29) is 30.0 Å². The van der Waals surface area contributed by atoms with Gasteiger partial charge >= 0.3 is 0 Å². The van der Waals surface area contributed by atoms with E-state index in [0.717, 1.165) is 43.3 Å². The lowest BCUT2D eigenvalue weighted by Crippen LogP contribution is -2.43. The van der Waals surface area contributed by atoms with Crippen LogP contribution in [0.5, 0.6) is 5.75 Å². The quantitative estimate of drug-likeness (QED) is 0.332. The maximum atomic E-state index is 5.28. The number of hydrogen-bond donors (Lipinski definition) is 2. The third-order valence-electron chi connectivity index (χ3n) is 4.70. The van der Waals surface area contributed by atoms with Crippen LogP contribution in [0.15, 0.2) is 29.3 Å². The largest absolute Gasteiger partial charge is 0.497 e. The Hall–Kier alpha value is -1.77. The zero-order valence-corrected chi connectivity index (χ0v) is 20.2. The van der Waals surface area contributed by atoms with Gasteiger partial charge in [-0.15, -0.1) is 24.0 Å². The molecule has 156 valence electrons. The Morgan fingerprint density at radius 1 is 1.32 bits per heavy atom. The molecule has 0 aliphatic carbocycles. The molecule has 0 bridgehead atoms. The summed E-state index contributed by atoms with van der Waals surface area (Å²) in [6.07, 6.45) is 1.80. The molecule has 0 spiro atoms. The molecule has 1 atom stereocenters. The van der Waals surface area contributed by atoms with Gasteiger partial charge in [-0.05, 0) is 63.8 Å². The van der Waals surface area contributed by atoms with Gasteiger partial charge in [-0.25, -0.2) is 0 Å². The van der Waals surface area contributed by atoms with E-state index in [9.17, 15) is 0 Å². The highest BCUT2D eigenvalue weighted by molar-refractivity contribution is 14.0. The first kappa shape index (κ1) is 24.3. The molecule has 0 saturated heterocycles. The molecule has 2 rings (SSSR count). The van der Waals surface area contributed by atoms with Crippen molar-refractivity contribution in [3.63, 3.8) is 0 Å². The van der Waals surface area contributed by atoms with Gasteiger partial charge in [-0.3, -0.25) is 9.67 Å². The molecule has 0 fully saturated rings. The van der Waals surface area contributed by atoms with Crippen molar-refractivity contribution in [2.24, 2.45) is 12.0 Å². The zero-order chi connectivity index (χ0) is 19.8. The number of methoxy groups -OCH3 is 1. The molecule has 0 saturated carbocycles. The minimum Gasteiger partial charge on any atom is -0.497 e. The highest BCUT2D eigenvalue weighted by atomic mass is 127. The lowest BCUT2D eigenvalue weighted by Gasteiger charge is -2.18. The average Bonchev–Trinajstić information content (AvgIpc) is 2.88. The minimum absolute atomic E-state index is 0. The van der Waals surface area contributed by atoms with Gasteiger partial charge in [-0.2, -0.15) is 5.10 Å². The molecule has 0 radical (unpaired) electrons. The van der Waals surface area contributed by atoms with Crippen molar-refractivity contribution in [2.45, 2.75) is 46.6 Å². The molecular weight excluding hydrogens is 465 g/mol. The van der Waals surface area contributed by atoms with Gasteiger partial charge in [0.2, 0.25) is 0 Å². The third kappa shape index (κ3) is 7.00. The molecular formula is C21H34IN5O. The molecule has 2 aromatic rings. The van der Waals surface area contributed by atoms with Crippen molar-refractivity contribution in [3.8, 4) is 5.75 Å². The number of halogens is 1. The SMILES string of the molecule is CCNC(=NCCc1cccc(OC)c1)NC(C)Cc1c(C)nn(C)c1C.I. The van der Waals surface area contributed by atoms with Crippen LogP contribution in [0, 0.1) is 13.8 Å². The maximum absolute atomic E-state index is 5.28. The minimum atomic E-state index is 0. The first-order chi connectivity index (χ1) is 12.9. The Morgan fingerprint density at radius 2 is 2.07 bits per heavy atom. The Labute approximate surface area is 186 Å². The molecule has 1 aromatic heterocycles. The van der Waals surface area contributed by atoms with Crippen molar-refractivity contribution in [1.82, 2.24) is 20.4 Å². The Kier molecular flexibility index (Phi) is 10.3. The van der Waals surface area contributed by atoms with Gasteiger partial charge in [-0.1, -0.05) is 12.1 Å². The molecule has 28 heavy (non-hydrogen) atoms. The Morgan fingerprint density at radius 3 is 2.68 bits per heavy atom. The highest BCUT2D eigenvalue weighted by Crippen LogP contribution is 2.14. The van der Waals surface area contributed by atoms with E-state index in [1.807, 2.05) is 23.9 Å². The number of hydrogen-bond acceptors (Lipinski definition) is 3. The van der Waals surface area contributed by atoms with Crippen LogP contribution in [0.4, 0.5) is 0 Å². The summed E-state index contributed by atoms with van der Waals surface area (Å²) in [6.45, 7) is 10.0. The number of guanidine groups is 1.